The van der Waals surface area contributed by atoms with E-state index in [1.165, 1.54) is 6.07 Å². The molecule has 1 aromatic carbocycles. The highest BCUT2D eigenvalue weighted by molar-refractivity contribution is 5.68. The van der Waals surface area contributed by atoms with Crippen LogP contribution in [0.5, 0.6) is 5.75 Å². The van der Waals surface area contributed by atoms with Gasteiger partial charge in [-0.15, -0.1) is 0 Å². The van der Waals surface area contributed by atoms with Gasteiger partial charge in [-0.05, 0) is 38.5 Å². The van der Waals surface area contributed by atoms with Gasteiger partial charge in [-0.1, -0.05) is 0 Å². The number of hydrogen-bond donors (Lipinski definition) is 3. The molecule has 112 valence electrons. The quantitative estimate of drug-likeness (QED) is 0.673. The monoisotopic (exact) mass is 282 g/mol. The molecule has 2 rings (SSSR count). The fourth-order valence-corrected chi connectivity index (χ4v) is 2.28. The maximum Gasteiger partial charge on any atom is 0.167 e. The van der Waals surface area contributed by atoms with Gasteiger partial charge in [-0.3, -0.25) is 0 Å². The second-order valence-electron chi connectivity index (χ2n) is 5.86. The van der Waals surface area contributed by atoms with E-state index in [4.69, 9.17) is 15.6 Å². The van der Waals surface area contributed by atoms with E-state index in [0.717, 1.165) is 25.8 Å². The van der Waals surface area contributed by atoms with E-state index < -0.39 is 5.82 Å². The van der Waals surface area contributed by atoms with Gasteiger partial charge in [0.1, 0.15) is 0 Å². The number of halogens is 1. The molecule has 20 heavy (non-hydrogen) atoms. The number of ether oxygens (including phenoxy) is 1. The van der Waals surface area contributed by atoms with Gasteiger partial charge in [0.2, 0.25) is 0 Å². The Morgan fingerprint density at radius 3 is 2.70 bits per heavy atom. The van der Waals surface area contributed by atoms with Crippen LogP contribution in [0.4, 0.5) is 15.8 Å². The Labute approximate surface area is 119 Å². The Morgan fingerprint density at radius 2 is 2.15 bits per heavy atom. The number of hydrogen-bond acceptors (Lipinski definition) is 4. The zero-order chi connectivity index (χ0) is 14.8. The average molecular weight is 282 g/mol. The number of nitrogen functional groups attached to an aromatic ring is 1. The standard InChI is InChI=1S/C15H23FN2O2/c1-10(2)20-14-8-13(12(17)7-11(14)16)18-9-15(3-4-15)5-6-19/h7-8,10,18-19H,3-6,9,17H2,1-2H3. The number of benzene rings is 1. The van der Waals surface area contributed by atoms with Gasteiger partial charge in [0.25, 0.3) is 0 Å². The lowest BCUT2D eigenvalue weighted by molar-refractivity contribution is 0.231. The summed E-state index contributed by atoms with van der Waals surface area (Å²) in [6, 6.07) is 2.89. The summed E-state index contributed by atoms with van der Waals surface area (Å²) >= 11 is 0. The molecule has 0 aromatic heterocycles. The number of rotatable bonds is 7. The van der Waals surface area contributed by atoms with Crippen LogP contribution in [-0.4, -0.2) is 24.4 Å². The highest BCUT2D eigenvalue weighted by Gasteiger charge is 2.41. The van der Waals surface area contributed by atoms with Crippen LogP contribution in [0.1, 0.15) is 33.1 Å². The van der Waals surface area contributed by atoms with Crippen molar-refractivity contribution < 1.29 is 14.2 Å². The first-order chi connectivity index (χ1) is 9.46. The maximum absolute atomic E-state index is 13.7. The molecule has 0 saturated heterocycles. The molecule has 5 heteroatoms. The molecule has 4 nitrogen and oxygen atoms in total. The summed E-state index contributed by atoms with van der Waals surface area (Å²) in [5.74, 6) is -0.234. The van der Waals surface area contributed by atoms with E-state index >= 15 is 0 Å². The number of aliphatic hydroxyl groups is 1. The van der Waals surface area contributed by atoms with Crippen molar-refractivity contribution in [2.24, 2.45) is 5.41 Å². The van der Waals surface area contributed by atoms with Crippen LogP contribution in [0.2, 0.25) is 0 Å². The largest absolute Gasteiger partial charge is 0.488 e. The van der Waals surface area contributed by atoms with Gasteiger partial charge in [-0.25, -0.2) is 4.39 Å². The second-order valence-corrected chi connectivity index (χ2v) is 5.86. The van der Waals surface area contributed by atoms with E-state index in [1.54, 1.807) is 6.07 Å². The van der Waals surface area contributed by atoms with Crippen molar-refractivity contribution in [1.29, 1.82) is 0 Å². The Kier molecular flexibility index (Phi) is 4.38. The van der Waals surface area contributed by atoms with Crippen LogP contribution in [0.25, 0.3) is 0 Å². The van der Waals surface area contributed by atoms with Crippen molar-refractivity contribution in [3.8, 4) is 5.75 Å². The lowest BCUT2D eigenvalue weighted by Crippen LogP contribution is -2.18. The first-order valence-electron chi connectivity index (χ1n) is 7.06. The fourth-order valence-electron chi connectivity index (χ4n) is 2.28. The number of nitrogens with two attached hydrogens (primary N) is 1. The van der Waals surface area contributed by atoms with Crippen LogP contribution in [-0.2, 0) is 0 Å². The summed E-state index contributed by atoms with van der Waals surface area (Å²) in [5, 5.41) is 12.3. The SMILES string of the molecule is CC(C)Oc1cc(NCC2(CCO)CC2)c(N)cc1F. The molecule has 1 aliphatic carbocycles. The lowest BCUT2D eigenvalue weighted by atomic mass is 10.0. The van der Waals surface area contributed by atoms with E-state index in [-0.39, 0.29) is 23.9 Å². The molecule has 0 spiro atoms. The zero-order valence-corrected chi connectivity index (χ0v) is 12.1. The molecular formula is C15H23FN2O2. The minimum absolute atomic E-state index is 0.0925. The molecule has 1 saturated carbocycles. The third-order valence-corrected chi connectivity index (χ3v) is 3.72. The third-order valence-electron chi connectivity index (χ3n) is 3.72. The van der Waals surface area contributed by atoms with Gasteiger partial charge in [-0.2, -0.15) is 0 Å². The highest BCUT2D eigenvalue weighted by Crippen LogP contribution is 2.48. The van der Waals surface area contributed by atoms with E-state index in [9.17, 15) is 4.39 Å². The molecule has 0 radical (unpaired) electrons. The van der Waals surface area contributed by atoms with Crippen molar-refractivity contribution >= 4 is 11.4 Å². The molecule has 0 atom stereocenters. The molecule has 0 amide bonds. The Bertz CT molecular complexity index is 473. The molecule has 0 aliphatic heterocycles. The van der Waals surface area contributed by atoms with Gasteiger partial charge in [0.15, 0.2) is 11.6 Å². The predicted octanol–water partition coefficient (Wildman–Crippen LogP) is 2.77. The molecule has 0 heterocycles. The fraction of sp³-hybridized carbons (Fsp3) is 0.600. The summed E-state index contributed by atoms with van der Waals surface area (Å²) in [6.07, 6.45) is 2.91. The van der Waals surface area contributed by atoms with Crippen LogP contribution in [0.15, 0.2) is 12.1 Å². The van der Waals surface area contributed by atoms with Crippen LogP contribution >= 0.6 is 0 Å². The van der Waals surface area contributed by atoms with E-state index in [0.29, 0.717) is 11.4 Å². The third kappa shape index (κ3) is 3.54. The molecule has 1 fully saturated rings. The van der Waals surface area contributed by atoms with Crippen molar-refractivity contribution in [1.82, 2.24) is 0 Å². The van der Waals surface area contributed by atoms with Crippen LogP contribution in [0, 0.1) is 11.2 Å². The summed E-state index contributed by atoms with van der Waals surface area (Å²) < 4.78 is 19.2. The summed E-state index contributed by atoms with van der Waals surface area (Å²) in [5.41, 5.74) is 7.07. The number of nitrogens with one attached hydrogen (secondary N) is 1. The van der Waals surface area contributed by atoms with Crippen molar-refractivity contribution in [3.05, 3.63) is 17.9 Å². The van der Waals surface area contributed by atoms with Gasteiger partial charge in [0, 0.05) is 25.3 Å². The van der Waals surface area contributed by atoms with Crippen LogP contribution in [0.3, 0.4) is 0 Å². The summed E-state index contributed by atoms with van der Waals surface area (Å²) in [7, 11) is 0. The molecule has 1 aromatic rings. The van der Waals surface area contributed by atoms with Crippen molar-refractivity contribution in [3.63, 3.8) is 0 Å². The maximum atomic E-state index is 13.7. The van der Waals surface area contributed by atoms with Gasteiger partial charge in [0.05, 0.1) is 17.5 Å². The number of aliphatic hydroxyl groups excluding tert-OH is 1. The minimum atomic E-state index is -0.446. The van der Waals surface area contributed by atoms with Crippen LogP contribution < -0.4 is 15.8 Å². The lowest BCUT2D eigenvalue weighted by Gasteiger charge is -2.18. The zero-order valence-electron chi connectivity index (χ0n) is 12.1. The Balaban J connectivity index is 2.07. The minimum Gasteiger partial charge on any atom is -0.488 e. The first kappa shape index (κ1) is 14.9. The average Bonchev–Trinajstić information content (AvgIpc) is 3.11. The number of anilines is 2. The molecule has 1 aliphatic rings. The van der Waals surface area contributed by atoms with Crippen molar-refractivity contribution in [2.75, 3.05) is 24.2 Å². The topological polar surface area (TPSA) is 67.5 Å². The Morgan fingerprint density at radius 1 is 1.45 bits per heavy atom. The summed E-state index contributed by atoms with van der Waals surface area (Å²) in [4.78, 5) is 0. The molecule has 0 unspecified atom stereocenters. The smallest absolute Gasteiger partial charge is 0.167 e. The molecule has 4 N–H and O–H groups in total. The highest BCUT2D eigenvalue weighted by atomic mass is 19.1. The normalized spacial score (nSPS) is 16.2. The van der Waals surface area contributed by atoms with Crippen molar-refractivity contribution in [2.45, 2.75) is 39.2 Å². The molecular weight excluding hydrogens is 259 g/mol. The van der Waals surface area contributed by atoms with E-state index in [2.05, 4.69) is 5.32 Å². The molecule has 0 bridgehead atoms. The Hall–Kier alpha value is -1.49. The first-order valence-corrected chi connectivity index (χ1v) is 7.06. The summed E-state index contributed by atoms with van der Waals surface area (Å²) in [6.45, 7) is 4.64. The second kappa shape index (κ2) is 5.87. The predicted molar refractivity (Wildman–Crippen MR) is 78.4 cm³/mol. The van der Waals surface area contributed by atoms with Gasteiger partial charge >= 0.3 is 0 Å². The van der Waals surface area contributed by atoms with Gasteiger partial charge < -0.3 is 20.9 Å². The van der Waals surface area contributed by atoms with E-state index in [1.807, 2.05) is 13.8 Å².